The minimum Gasteiger partial charge on any atom is -0.396 e. The van der Waals surface area contributed by atoms with Crippen molar-refractivity contribution in [3.05, 3.63) is 33.8 Å². The standard InChI is InChI=1S/C12H16BrNO2/c1-9-4-5-11(13)7-10(9)8-14-12(16)3-2-6-15/h4-5,7,15H,2-3,6,8H2,1H3,(H,14,16). The molecule has 0 bridgehead atoms. The fraction of sp³-hybridized carbons (Fsp3) is 0.417. The Bertz CT molecular complexity index is 366. The zero-order valence-corrected chi connectivity index (χ0v) is 10.9. The number of aryl methyl sites for hydroxylation is 1. The minimum absolute atomic E-state index is 0.0200. The van der Waals surface area contributed by atoms with Gasteiger partial charge in [0.25, 0.3) is 0 Å². The number of aliphatic hydroxyl groups excluding tert-OH is 1. The Balaban J connectivity index is 2.47. The summed E-state index contributed by atoms with van der Waals surface area (Å²) in [6.07, 6.45) is 0.896. The van der Waals surface area contributed by atoms with Gasteiger partial charge in [-0.25, -0.2) is 0 Å². The van der Waals surface area contributed by atoms with Gasteiger partial charge >= 0.3 is 0 Å². The average molecular weight is 286 g/mol. The first-order valence-corrected chi connectivity index (χ1v) is 6.05. The zero-order chi connectivity index (χ0) is 12.0. The third-order valence-electron chi connectivity index (χ3n) is 2.35. The second kappa shape index (κ2) is 6.66. The van der Waals surface area contributed by atoms with E-state index in [1.807, 2.05) is 25.1 Å². The summed E-state index contributed by atoms with van der Waals surface area (Å²) < 4.78 is 1.01. The van der Waals surface area contributed by atoms with Gasteiger partial charge in [0.15, 0.2) is 0 Å². The fourth-order valence-electron chi connectivity index (χ4n) is 1.35. The number of halogens is 1. The van der Waals surface area contributed by atoms with E-state index in [4.69, 9.17) is 5.11 Å². The van der Waals surface area contributed by atoms with Crippen LogP contribution in [-0.4, -0.2) is 17.6 Å². The van der Waals surface area contributed by atoms with Crippen molar-refractivity contribution >= 4 is 21.8 Å². The van der Waals surface area contributed by atoms with Crippen LogP contribution in [-0.2, 0) is 11.3 Å². The summed E-state index contributed by atoms with van der Waals surface area (Å²) in [5.74, 6) is -0.0200. The Hall–Kier alpha value is -0.870. The van der Waals surface area contributed by atoms with Crippen LogP contribution < -0.4 is 5.32 Å². The van der Waals surface area contributed by atoms with E-state index in [1.165, 1.54) is 0 Å². The molecule has 3 nitrogen and oxygen atoms in total. The summed E-state index contributed by atoms with van der Waals surface area (Å²) in [5.41, 5.74) is 2.26. The second-order valence-corrected chi connectivity index (χ2v) is 4.59. The number of rotatable bonds is 5. The number of nitrogens with one attached hydrogen (secondary N) is 1. The summed E-state index contributed by atoms with van der Waals surface area (Å²) in [7, 11) is 0. The van der Waals surface area contributed by atoms with Gasteiger partial charge in [0, 0.05) is 24.0 Å². The van der Waals surface area contributed by atoms with Gasteiger partial charge in [-0.15, -0.1) is 0 Å². The van der Waals surface area contributed by atoms with Crippen molar-refractivity contribution in [1.82, 2.24) is 5.32 Å². The molecule has 16 heavy (non-hydrogen) atoms. The van der Waals surface area contributed by atoms with Gasteiger partial charge in [0.1, 0.15) is 0 Å². The molecule has 0 atom stereocenters. The van der Waals surface area contributed by atoms with Crippen molar-refractivity contribution in [2.75, 3.05) is 6.61 Å². The molecule has 4 heteroatoms. The number of carbonyl (C=O) groups excluding carboxylic acids is 1. The quantitative estimate of drug-likeness (QED) is 0.871. The van der Waals surface area contributed by atoms with E-state index in [0.717, 1.165) is 15.6 Å². The largest absolute Gasteiger partial charge is 0.396 e. The lowest BCUT2D eigenvalue weighted by Gasteiger charge is -2.08. The summed E-state index contributed by atoms with van der Waals surface area (Å²) in [4.78, 5) is 11.3. The van der Waals surface area contributed by atoms with Gasteiger partial charge in [-0.3, -0.25) is 4.79 Å². The number of hydrogen-bond acceptors (Lipinski definition) is 2. The third kappa shape index (κ3) is 4.33. The Labute approximate surface area is 104 Å². The smallest absolute Gasteiger partial charge is 0.220 e. The van der Waals surface area contributed by atoms with Crippen LogP contribution in [0.25, 0.3) is 0 Å². The summed E-state index contributed by atoms with van der Waals surface area (Å²) >= 11 is 3.40. The number of benzene rings is 1. The predicted molar refractivity (Wildman–Crippen MR) is 67.0 cm³/mol. The molecule has 0 aliphatic rings. The minimum atomic E-state index is -0.0200. The molecule has 1 aromatic rings. The van der Waals surface area contributed by atoms with Gasteiger partial charge in [-0.05, 0) is 36.6 Å². The molecule has 0 saturated heterocycles. The van der Waals surface area contributed by atoms with Gasteiger partial charge in [0.05, 0.1) is 0 Å². The van der Waals surface area contributed by atoms with E-state index in [9.17, 15) is 4.79 Å². The molecule has 0 saturated carbocycles. The summed E-state index contributed by atoms with van der Waals surface area (Å²) in [6.45, 7) is 2.61. The molecule has 0 fully saturated rings. The second-order valence-electron chi connectivity index (χ2n) is 3.67. The SMILES string of the molecule is Cc1ccc(Br)cc1CNC(=O)CCCO. The van der Waals surface area contributed by atoms with Crippen LogP contribution in [0.5, 0.6) is 0 Å². The Morgan fingerprint density at radius 2 is 2.25 bits per heavy atom. The molecule has 0 aromatic heterocycles. The topological polar surface area (TPSA) is 49.3 Å². The molecule has 1 amide bonds. The van der Waals surface area contributed by atoms with E-state index in [2.05, 4.69) is 21.2 Å². The first kappa shape index (κ1) is 13.2. The highest BCUT2D eigenvalue weighted by molar-refractivity contribution is 9.10. The normalized spacial score (nSPS) is 10.2. The molecule has 88 valence electrons. The van der Waals surface area contributed by atoms with Gasteiger partial charge in [-0.1, -0.05) is 22.0 Å². The van der Waals surface area contributed by atoms with Crippen LogP contribution in [0.4, 0.5) is 0 Å². The maximum atomic E-state index is 11.3. The first-order valence-electron chi connectivity index (χ1n) is 5.26. The molecule has 0 spiro atoms. The molecule has 1 aromatic carbocycles. The van der Waals surface area contributed by atoms with Crippen LogP contribution in [0.1, 0.15) is 24.0 Å². The van der Waals surface area contributed by atoms with E-state index >= 15 is 0 Å². The fourth-order valence-corrected chi connectivity index (χ4v) is 1.76. The lowest BCUT2D eigenvalue weighted by atomic mass is 10.1. The number of amides is 1. The highest BCUT2D eigenvalue weighted by Crippen LogP contribution is 2.15. The molecule has 0 radical (unpaired) electrons. The predicted octanol–water partition coefficient (Wildman–Crippen LogP) is 2.15. The first-order chi connectivity index (χ1) is 7.63. The van der Waals surface area contributed by atoms with Crippen LogP contribution in [0, 0.1) is 6.92 Å². The van der Waals surface area contributed by atoms with E-state index in [0.29, 0.717) is 19.4 Å². The van der Waals surface area contributed by atoms with Crippen molar-refractivity contribution in [3.8, 4) is 0 Å². The van der Waals surface area contributed by atoms with E-state index < -0.39 is 0 Å². The monoisotopic (exact) mass is 285 g/mol. The van der Waals surface area contributed by atoms with Crippen LogP contribution in [0.15, 0.2) is 22.7 Å². The Kier molecular flexibility index (Phi) is 5.49. The highest BCUT2D eigenvalue weighted by atomic mass is 79.9. The van der Waals surface area contributed by atoms with Crippen molar-refractivity contribution in [3.63, 3.8) is 0 Å². The average Bonchev–Trinajstić information content (AvgIpc) is 2.27. The number of carbonyl (C=O) groups is 1. The highest BCUT2D eigenvalue weighted by Gasteiger charge is 2.03. The lowest BCUT2D eigenvalue weighted by molar-refractivity contribution is -0.121. The molecular formula is C12H16BrNO2. The van der Waals surface area contributed by atoms with Crippen molar-refractivity contribution in [2.45, 2.75) is 26.3 Å². The van der Waals surface area contributed by atoms with Crippen molar-refractivity contribution in [1.29, 1.82) is 0 Å². The summed E-state index contributed by atoms with van der Waals surface area (Å²) in [5, 5.41) is 11.4. The third-order valence-corrected chi connectivity index (χ3v) is 2.84. The van der Waals surface area contributed by atoms with Gasteiger partial charge in [0.2, 0.25) is 5.91 Å². The van der Waals surface area contributed by atoms with Gasteiger partial charge in [-0.2, -0.15) is 0 Å². The molecule has 1 rings (SSSR count). The molecule has 2 N–H and O–H groups in total. The lowest BCUT2D eigenvalue weighted by Crippen LogP contribution is -2.23. The van der Waals surface area contributed by atoms with Gasteiger partial charge < -0.3 is 10.4 Å². The molecule has 0 heterocycles. The number of hydrogen-bond donors (Lipinski definition) is 2. The van der Waals surface area contributed by atoms with E-state index in [-0.39, 0.29) is 12.5 Å². The van der Waals surface area contributed by atoms with Crippen LogP contribution in [0.2, 0.25) is 0 Å². The Morgan fingerprint density at radius 3 is 2.94 bits per heavy atom. The molecule has 0 unspecified atom stereocenters. The zero-order valence-electron chi connectivity index (χ0n) is 9.29. The Morgan fingerprint density at radius 1 is 1.50 bits per heavy atom. The van der Waals surface area contributed by atoms with Crippen molar-refractivity contribution in [2.24, 2.45) is 0 Å². The maximum Gasteiger partial charge on any atom is 0.220 e. The van der Waals surface area contributed by atoms with Crippen LogP contribution in [0.3, 0.4) is 0 Å². The van der Waals surface area contributed by atoms with E-state index in [1.54, 1.807) is 0 Å². The molecule has 0 aliphatic heterocycles. The molecular weight excluding hydrogens is 270 g/mol. The summed E-state index contributed by atoms with van der Waals surface area (Å²) in [6, 6.07) is 5.99. The van der Waals surface area contributed by atoms with Crippen molar-refractivity contribution < 1.29 is 9.90 Å². The molecule has 0 aliphatic carbocycles. The van der Waals surface area contributed by atoms with Crippen LogP contribution >= 0.6 is 15.9 Å². The maximum absolute atomic E-state index is 11.3. The number of aliphatic hydroxyl groups is 1.